The molecule has 0 aliphatic rings. The van der Waals surface area contributed by atoms with Gasteiger partial charge in [-0.15, -0.1) is 0 Å². The summed E-state index contributed by atoms with van der Waals surface area (Å²) < 4.78 is 14.3. The lowest BCUT2D eigenvalue weighted by Gasteiger charge is -2.26. The molecule has 0 atom stereocenters. The minimum Gasteiger partial charge on any atom is -0.361 e. The topological polar surface area (TPSA) is 77.7 Å². The van der Waals surface area contributed by atoms with E-state index in [0.717, 1.165) is 59.2 Å². The van der Waals surface area contributed by atoms with E-state index in [9.17, 15) is 0 Å². The van der Waals surface area contributed by atoms with Gasteiger partial charge in [0, 0.05) is 64.6 Å². The zero-order chi connectivity index (χ0) is 28.0. The van der Waals surface area contributed by atoms with Crippen LogP contribution in [-0.4, -0.2) is 67.4 Å². The van der Waals surface area contributed by atoms with E-state index >= 15 is 0 Å². The molecular formula is C29H42N6O2Si2. The summed E-state index contributed by atoms with van der Waals surface area (Å²) in [5, 5.41) is 4.76. The summed E-state index contributed by atoms with van der Waals surface area (Å²) in [4.78, 5) is 15.7. The van der Waals surface area contributed by atoms with Gasteiger partial charge in [-0.2, -0.15) is 9.61 Å². The van der Waals surface area contributed by atoms with E-state index < -0.39 is 16.1 Å². The number of anilines is 1. The van der Waals surface area contributed by atoms with Gasteiger partial charge in [0.2, 0.25) is 0 Å². The molecule has 0 fully saturated rings. The van der Waals surface area contributed by atoms with Gasteiger partial charge in [-0.05, 0) is 30.6 Å². The van der Waals surface area contributed by atoms with Gasteiger partial charge >= 0.3 is 0 Å². The van der Waals surface area contributed by atoms with Crippen molar-refractivity contribution in [1.29, 1.82) is 0 Å². The molecule has 0 saturated carbocycles. The zero-order valence-electron chi connectivity index (χ0n) is 24.4. The molecular weight excluding hydrogens is 521 g/mol. The highest BCUT2D eigenvalue weighted by Crippen LogP contribution is 2.29. The number of hydrogen-bond acceptors (Lipinski definition) is 7. The minimum absolute atomic E-state index is 0.441. The van der Waals surface area contributed by atoms with E-state index in [0.29, 0.717) is 19.3 Å². The molecule has 4 aromatic rings. The molecule has 0 radical (unpaired) electrons. The molecule has 0 amide bonds. The van der Waals surface area contributed by atoms with Crippen LogP contribution in [0.4, 0.5) is 5.82 Å². The Balaban J connectivity index is 1.60. The third kappa shape index (κ3) is 8.28. The lowest BCUT2D eigenvalue weighted by atomic mass is 10.1. The standard InChI is InChI=1S/C29H42N6O2Si2/c1-23-19-27(34(21-36-15-17-38(2,3)4)22-37-16-18-39(5,6)7)35-29(33-23)26(20-32-35)24-9-11-25(12-10-24)28-30-13-8-14-31-28/h8-14,19-20H,15-18,21-22H2,1-7H3. The normalized spacial score (nSPS) is 12.3. The summed E-state index contributed by atoms with van der Waals surface area (Å²) in [6, 6.07) is 14.3. The number of aryl methyl sites for hydroxylation is 1. The van der Waals surface area contributed by atoms with Crippen molar-refractivity contribution >= 4 is 27.6 Å². The molecule has 3 heterocycles. The molecule has 0 unspecified atom stereocenters. The van der Waals surface area contributed by atoms with Gasteiger partial charge < -0.3 is 14.4 Å². The Bertz CT molecular complexity index is 1330. The molecule has 0 bridgehead atoms. The van der Waals surface area contributed by atoms with E-state index in [1.54, 1.807) is 12.4 Å². The second kappa shape index (κ2) is 12.5. The minimum atomic E-state index is -1.18. The number of aromatic nitrogens is 5. The fourth-order valence-electron chi connectivity index (χ4n) is 4.02. The third-order valence-electron chi connectivity index (χ3n) is 6.41. The molecule has 0 aliphatic carbocycles. The van der Waals surface area contributed by atoms with Crippen LogP contribution >= 0.6 is 0 Å². The maximum absolute atomic E-state index is 6.18. The van der Waals surface area contributed by atoms with E-state index in [-0.39, 0.29) is 0 Å². The molecule has 4 rings (SSSR count). The molecule has 39 heavy (non-hydrogen) atoms. The summed E-state index contributed by atoms with van der Waals surface area (Å²) in [5.74, 6) is 1.62. The molecule has 0 spiro atoms. The van der Waals surface area contributed by atoms with Crippen molar-refractivity contribution in [2.24, 2.45) is 0 Å². The monoisotopic (exact) mass is 562 g/mol. The van der Waals surface area contributed by atoms with Gasteiger partial charge in [-0.25, -0.2) is 15.0 Å². The molecule has 0 saturated heterocycles. The van der Waals surface area contributed by atoms with Crippen LogP contribution in [0.15, 0.2) is 55.0 Å². The van der Waals surface area contributed by atoms with Crippen LogP contribution in [0.2, 0.25) is 51.4 Å². The van der Waals surface area contributed by atoms with Crippen LogP contribution in [0.5, 0.6) is 0 Å². The van der Waals surface area contributed by atoms with Crippen LogP contribution < -0.4 is 4.90 Å². The molecule has 0 N–H and O–H groups in total. The fourth-order valence-corrected chi connectivity index (χ4v) is 5.53. The second-order valence-corrected chi connectivity index (χ2v) is 23.7. The van der Waals surface area contributed by atoms with E-state index in [1.807, 2.05) is 35.8 Å². The summed E-state index contributed by atoms with van der Waals surface area (Å²) in [5.41, 5.74) is 4.71. The van der Waals surface area contributed by atoms with Crippen molar-refractivity contribution in [2.75, 3.05) is 31.6 Å². The summed E-state index contributed by atoms with van der Waals surface area (Å²) in [6.07, 6.45) is 5.39. The SMILES string of the molecule is Cc1cc(N(COCC[Si](C)(C)C)COCC[Si](C)(C)C)n2ncc(-c3ccc(-c4ncccn4)cc3)c2n1. The predicted molar refractivity (Wildman–Crippen MR) is 165 cm³/mol. The average molecular weight is 563 g/mol. The quantitative estimate of drug-likeness (QED) is 0.103. The van der Waals surface area contributed by atoms with Gasteiger partial charge in [0.05, 0.1) is 6.20 Å². The van der Waals surface area contributed by atoms with Gasteiger partial charge in [0.25, 0.3) is 0 Å². The molecule has 0 aliphatic heterocycles. The Morgan fingerprint density at radius 3 is 1.95 bits per heavy atom. The van der Waals surface area contributed by atoms with E-state index in [4.69, 9.17) is 19.6 Å². The number of nitrogens with zero attached hydrogens (tertiary/aromatic N) is 6. The largest absolute Gasteiger partial charge is 0.361 e. The van der Waals surface area contributed by atoms with Gasteiger partial charge in [0.1, 0.15) is 19.3 Å². The molecule has 8 nitrogen and oxygen atoms in total. The summed E-state index contributed by atoms with van der Waals surface area (Å²) in [6.45, 7) is 18.6. The zero-order valence-corrected chi connectivity index (χ0v) is 26.4. The smallest absolute Gasteiger partial charge is 0.165 e. The van der Waals surface area contributed by atoms with Gasteiger partial charge in [0.15, 0.2) is 11.5 Å². The van der Waals surface area contributed by atoms with E-state index in [1.165, 1.54) is 0 Å². The van der Waals surface area contributed by atoms with Crippen molar-refractivity contribution in [3.8, 4) is 22.5 Å². The van der Waals surface area contributed by atoms with Crippen LogP contribution in [0.3, 0.4) is 0 Å². The number of ether oxygens (including phenoxy) is 2. The molecule has 208 valence electrons. The van der Waals surface area contributed by atoms with Crippen molar-refractivity contribution in [3.63, 3.8) is 0 Å². The Morgan fingerprint density at radius 2 is 1.38 bits per heavy atom. The lowest BCUT2D eigenvalue weighted by Crippen LogP contribution is -2.33. The first-order chi connectivity index (χ1) is 18.5. The number of benzene rings is 1. The lowest BCUT2D eigenvalue weighted by molar-refractivity contribution is 0.0942. The van der Waals surface area contributed by atoms with Gasteiger partial charge in [-0.3, -0.25) is 0 Å². The Labute approximate surface area is 234 Å². The number of fused-ring (bicyclic) bond motifs is 1. The van der Waals surface area contributed by atoms with Crippen LogP contribution in [0, 0.1) is 6.92 Å². The predicted octanol–water partition coefficient (Wildman–Crippen LogP) is 6.59. The Hall–Kier alpha value is -2.93. The van der Waals surface area contributed by atoms with Gasteiger partial charge in [-0.1, -0.05) is 63.5 Å². The van der Waals surface area contributed by atoms with E-state index in [2.05, 4.69) is 72.3 Å². The number of hydrogen-bond donors (Lipinski definition) is 0. The Morgan fingerprint density at radius 1 is 0.821 bits per heavy atom. The Kier molecular flexibility index (Phi) is 9.32. The highest BCUT2D eigenvalue weighted by atomic mass is 28.3. The molecule has 3 aromatic heterocycles. The van der Waals surface area contributed by atoms with Crippen LogP contribution in [0.25, 0.3) is 28.2 Å². The summed E-state index contributed by atoms with van der Waals surface area (Å²) >= 11 is 0. The first-order valence-corrected chi connectivity index (χ1v) is 21.1. The number of rotatable bonds is 13. The van der Waals surface area contributed by atoms with Crippen molar-refractivity contribution in [1.82, 2.24) is 24.6 Å². The van der Waals surface area contributed by atoms with Crippen molar-refractivity contribution < 1.29 is 9.47 Å². The molecule has 1 aromatic carbocycles. The first-order valence-electron chi connectivity index (χ1n) is 13.6. The maximum Gasteiger partial charge on any atom is 0.165 e. The first kappa shape index (κ1) is 29.1. The summed E-state index contributed by atoms with van der Waals surface area (Å²) in [7, 11) is -2.36. The third-order valence-corrected chi connectivity index (χ3v) is 9.82. The van der Waals surface area contributed by atoms with Crippen LogP contribution in [0.1, 0.15) is 5.69 Å². The van der Waals surface area contributed by atoms with Crippen molar-refractivity contribution in [2.45, 2.75) is 58.3 Å². The average Bonchev–Trinajstić information content (AvgIpc) is 3.30. The maximum atomic E-state index is 6.18. The second-order valence-electron chi connectivity index (χ2n) is 12.4. The highest BCUT2D eigenvalue weighted by molar-refractivity contribution is 6.76. The van der Waals surface area contributed by atoms with Crippen LogP contribution in [-0.2, 0) is 9.47 Å². The fraction of sp³-hybridized carbons (Fsp3) is 0.448. The van der Waals surface area contributed by atoms with Crippen molar-refractivity contribution in [3.05, 3.63) is 60.7 Å². The molecule has 10 heteroatoms. The highest BCUT2D eigenvalue weighted by Gasteiger charge is 2.19.